The molecule has 0 aliphatic heterocycles. The molecule has 0 bridgehead atoms. The van der Waals surface area contributed by atoms with E-state index >= 15 is 0 Å². The summed E-state index contributed by atoms with van der Waals surface area (Å²) in [5.41, 5.74) is 1.18. The number of unbranched alkanes of at least 4 members (excludes halogenated alkanes) is 1. The Kier molecular flexibility index (Phi) is 6.64. The second kappa shape index (κ2) is 8.36. The van der Waals surface area contributed by atoms with Gasteiger partial charge in [-0.05, 0) is 24.6 Å². The van der Waals surface area contributed by atoms with E-state index in [9.17, 15) is 18.1 Å². The summed E-state index contributed by atoms with van der Waals surface area (Å²) in [4.78, 5) is 0.669. The van der Waals surface area contributed by atoms with Crippen molar-refractivity contribution in [2.24, 2.45) is 0 Å². The molecule has 0 amide bonds. The number of phenols is 1. The maximum Gasteiger partial charge on any atom is 0.298 e. The first kappa shape index (κ1) is 20.7. The summed E-state index contributed by atoms with van der Waals surface area (Å²) >= 11 is 0. The SMILES string of the molecule is CCCCOc1cc(O)c(-n2nc3ccccc3n2)cc1S(=O)(=O)O.[Na]. The molecule has 1 heterocycles. The molecule has 0 atom stereocenters. The largest absolute Gasteiger partial charge is 0.505 e. The number of benzene rings is 2. The van der Waals surface area contributed by atoms with Crippen molar-refractivity contribution in [3.05, 3.63) is 36.4 Å². The number of rotatable bonds is 6. The van der Waals surface area contributed by atoms with Crippen molar-refractivity contribution in [2.45, 2.75) is 24.7 Å². The van der Waals surface area contributed by atoms with Crippen LogP contribution < -0.4 is 4.74 Å². The van der Waals surface area contributed by atoms with Gasteiger partial charge in [-0.15, -0.1) is 15.0 Å². The Balaban J connectivity index is 0.00000243. The summed E-state index contributed by atoms with van der Waals surface area (Å²) in [5, 5.41) is 18.7. The summed E-state index contributed by atoms with van der Waals surface area (Å²) in [5.74, 6) is -0.381. The van der Waals surface area contributed by atoms with E-state index in [0.29, 0.717) is 17.5 Å². The molecule has 0 fully saturated rings. The van der Waals surface area contributed by atoms with Crippen LogP contribution in [0.5, 0.6) is 11.5 Å². The summed E-state index contributed by atoms with van der Waals surface area (Å²) in [7, 11) is -4.55. The van der Waals surface area contributed by atoms with E-state index in [1.165, 1.54) is 0 Å². The Bertz CT molecular complexity index is 987. The third kappa shape index (κ3) is 4.36. The van der Waals surface area contributed by atoms with Crippen molar-refractivity contribution in [1.82, 2.24) is 15.0 Å². The van der Waals surface area contributed by atoms with E-state index in [-0.39, 0.29) is 53.4 Å². The van der Waals surface area contributed by atoms with Gasteiger partial charge in [-0.25, -0.2) is 0 Å². The molecule has 1 aromatic heterocycles. The third-order valence-corrected chi connectivity index (χ3v) is 4.45. The topological polar surface area (TPSA) is 115 Å². The van der Waals surface area contributed by atoms with Gasteiger partial charge in [-0.1, -0.05) is 25.5 Å². The zero-order valence-corrected chi connectivity index (χ0v) is 17.3. The van der Waals surface area contributed by atoms with Crippen LogP contribution >= 0.6 is 0 Å². The van der Waals surface area contributed by atoms with E-state index in [1.807, 2.05) is 6.92 Å². The molecule has 0 unspecified atom stereocenters. The summed E-state index contributed by atoms with van der Waals surface area (Å²) in [6.45, 7) is 2.23. The van der Waals surface area contributed by atoms with Crippen LogP contribution in [0.2, 0.25) is 0 Å². The molecular weight excluding hydrogens is 369 g/mol. The van der Waals surface area contributed by atoms with Gasteiger partial charge in [0.15, 0.2) is 0 Å². The van der Waals surface area contributed by atoms with Gasteiger partial charge in [0.05, 0.1) is 6.61 Å². The van der Waals surface area contributed by atoms with Crippen molar-refractivity contribution in [3.8, 4) is 17.2 Å². The van der Waals surface area contributed by atoms with E-state index in [0.717, 1.165) is 23.4 Å². The van der Waals surface area contributed by atoms with Gasteiger partial charge in [0.25, 0.3) is 10.1 Å². The fraction of sp³-hybridized carbons (Fsp3) is 0.250. The molecule has 3 aromatic rings. The van der Waals surface area contributed by atoms with Crippen LogP contribution in [0.3, 0.4) is 0 Å². The molecule has 10 heteroatoms. The van der Waals surface area contributed by atoms with E-state index in [4.69, 9.17) is 4.74 Å². The Labute approximate surface area is 172 Å². The molecule has 0 spiro atoms. The zero-order chi connectivity index (χ0) is 18.0. The Morgan fingerprint density at radius 1 is 1.15 bits per heavy atom. The first-order valence-electron chi connectivity index (χ1n) is 7.70. The van der Waals surface area contributed by atoms with Crippen LogP contribution in [0.4, 0.5) is 0 Å². The normalized spacial score (nSPS) is 11.3. The smallest absolute Gasteiger partial charge is 0.298 e. The van der Waals surface area contributed by atoms with Gasteiger partial charge in [-0.2, -0.15) is 8.42 Å². The van der Waals surface area contributed by atoms with Crippen LogP contribution in [0.25, 0.3) is 16.7 Å². The Hall–Kier alpha value is -1.65. The minimum atomic E-state index is -4.55. The van der Waals surface area contributed by atoms with Crippen LogP contribution in [0.1, 0.15) is 19.8 Å². The van der Waals surface area contributed by atoms with Gasteiger partial charge >= 0.3 is 0 Å². The fourth-order valence-corrected chi connectivity index (χ4v) is 2.94. The van der Waals surface area contributed by atoms with Crippen LogP contribution in [0, 0.1) is 0 Å². The second-order valence-corrected chi connectivity index (χ2v) is 6.83. The molecule has 8 nitrogen and oxygen atoms in total. The molecule has 0 saturated heterocycles. The molecule has 0 aliphatic rings. The van der Waals surface area contributed by atoms with Crippen molar-refractivity contribution in [3.63, 3.8) is 0 Å². The predicted molar refractivity (Wildman–Crippen MR) is 96.5 cm³/mol. The molecule has 133 valence electrons. The minimum Gasteiger partial charge on any atom is -0.505 e. The summed E-state index contributed by atoms with van der Waals surface area (Å²) in [6, 6.07) is 9.28. The summed E-state index contributed by atoms with van der Waals surface area (Å²) < 4.78 is 38.3. The molecule has 1 radical (unpaired) electrons. The average Bonchev–Trinajstić information content (AvgIpc) is 2.97. The zero-order valence-electron chi connectivity index (χ0n) is 14.5. The quantitative estimate of drug-likeness (QED) is 0.379. The first-order chi connectivity index (χ1) is 11.9. The molecule has 2 aromatic carbocycles. The Morgan fingerprint density at radius 2 is 1.77 bits per heavy atom. The van der Waals surface area contributed by atoms with Gasteiger partial charge < -0.3 is 9.84 Å². The number of nitrogens with zero attached hydrogens (tertiary/aromatic N) is 3. The number of aromatic hydroxyl groups is 1. The van der Waals surface area contributed by atoms with Crippen molar-refractivity contribution in [2.75, 3.05) is 6.61 Å². The number of aromatic nitrogens is 3. The number of ether oxygens (including phenoxy) is 1. The van der Waals surface area contributed by atoms with Gasteiger partial charge in [0.2, 0.25) is 0 Å². The molecule has 3 rings (SSSR count). The number of phenolic OH excluding ortho intramolecular Hbond substituents is 1. The van der Waals surface area contributed by atoms with E-state index < -0.39 is 15.0 Å². The summed E-state index contributed by atoms with van der Waals surface area (Å²) in [6.07, 6.45) is 1.56. The van der Waals surface area contributed by atoms with Gasteiger partial charge in [0, 0.05) is 35.6 Å². The van der Waals surface area contributed by atoms with Crippen molar-refractivity contribution >= 4 is 50.7 Å². The number of hydrogen-bond donors (Lipinski definition) is 2. The molecule has 0 saturated carbocycles. The maximum atomic E-state index is 11.7. The molecular formula is C16H17N3NaO5S. The number of fused-ring (bicyclic) bond motifs is 1. The van der Waals surface area contributed by atoms with Crippen LogP contribution in [-0.4, -0.2) is 69.2 Å². The average molecular weight is 386 g/mol. The van der Waals surface area contributed by atoms with Crippen LogP contribution in [-0.2, 0) is 10.1 Å². The van der Waals surface area contributed by atoms with Crippen molar-refractivity contribution in [1.29, 1.82) is 0 Å². The van der Waals surface area contributed by atoms with Crippen LogP contribution in [0.15, 0.2) is 41.3 Å². The van der Waals surface area contributed by atoms with Gasteiger partial charge in [0.1, 0.15) is 33.1 Å². The minimum absolute atomic E-state index is 0. The number of hydrogen-bond acceptors (Lipinski definition) is 6. The molecule has 26 heavy (non-hydrogen) atoms. The first-order valence-corrected chi connectivity index (χ1v) is 9.14. The van der Waals surface area contributed by atoms with E-state index in [1.54, 1.807) is 24.3 Å². The second-order valence-electron chi connectivity index (χ2n) is 5.44. The standard InChI is InChI=1S/C16H17N3O5S.Na/c1-2-3-8-24-15-10-14(20)13(9-16(15)25(21,22)23)19-17-11-6-4-5-7-12(11)18-19;/h4-7,9-10,20H,2-3,8H2,1H3,(H,21,22,23);. The van der Waals surface area contributed by atoms with E-state index in [2.05, 4.69) is 10.2 Å². The monoisotopic (exact) mass is 386 g/mol. The van der Waals surface area contributed by atoms with Gasteiger partial charge in [-0.3, -0.25) is 4.55 Å². The third-order valence-electron chi connectivity index (χ3n) is 3.58. The molecule has 2 N–H and O–H groups in total. The predicted octanol–water partition coefficient (Wildman–Crippen LogP) is 2.17. The maximum absolute atomic E-state index is 11.7. The van der Waals surface area contributed by atoms with Crippen molar-refractivity contribution < 1.29 is 22.8 Å². The molecule has 0 aliphatic carbocycles. The Morgan fingerprint density at radius 3 is 2.31 bits per heavy atom. The fourth-order valence-electron chi connectivity index (χ4n) is 2.31.